The largest absolute Gasteiger partial charge is 0.326 e. The van der Waals surface area contributed by atoms with Crippen LogP contribution in [0.1, 0.15) is 48.5 Å². The molecule has 0 aliphatic rings. The molecule has 0 aromatic heterocycles. The molecule has 0 aromatic rings. The highest BCUT2D eigenvalue weighted by atomic mass is 14.9. The Morgan fingerprint density at radius 1 is 0.917 bits per heavy atom. The van der Waals surface area contributed by atoms with Gasteiger partial charge in [0, 0.05) is 17.6 Å². The average molecular weight is 174 g/mol. The number of rotatable bonds is 2. The molecular formula is C10H26N2. The van der Waals surface area contributed by atoms with Crippen LogP contribution in [0.4, 0.5) is 0 Å². The Bertz CT molecular complexity index is 78.5. The van der Waals surface area contributed by atoms with Crippen molar-refractivity contribution in [1.29, 1.82) is 0 Å². The van der Waals surface area contributed by atoms with Crippen LogP contribution >= 0.6 is 0 Å². The lowest BCUT2D eigenvalue weighted by molar-refractivity contribution is 0.518. The topological polar surface area (TPSA) is 38.0 Å². The van der Waals surface area contributed by atoms with Crippen molar-refractivity contribution in [2.45, 2.75) is 66.1 Å². The maximum atomic E-state index is 5.35. The lowest BCUT2D eigenvalue weighted by Gasteiger charge is -2.10. The van der Waals surface area contributed by atoms with Gasteiger partial charge in [-0.2, -0.15) is 0 Å². The number of nitrogens with two attached hydrogens (primary N) is 1. The van der Waals surface area contributed by atoms with Crippen LogP contribution in [0.5, 0.6) is 0 Å². The molecule has 0 spiro atoms. The summed E-state index contributed by atoms with van der Waals surface area (Å²) in [6.07, 6.45) is 0. The molecule has 0 aliphatic heterocycles. The van der Waals surface area contributed by atoms with Crippen molar-refractivity contribution in [3.05, 3.63) is 0 Å². The van der Waals surface area contributed by atoms with Gasteiger partial charge in [0.25, 0.3) is 0 Å². The van der Waals surface area contributed by atoms with E-state index in [0.29, 0.717) is 12.1 Å². The molecular weight excluding hydrogens is 148 g/mol. The molecule has 0 unspecified atom stereocenters. The fraction of sp³-hybridized carbons (Fsp3) is 1.00. The van der Waals surface area contributed by atoms with Crippen LogP contribution in [0.3, 0.4) is 0 Å². The fourth-order valence-corrected chi connectivity index (χ4v) is 0.667. The highest BCUT2D eigenvalue weighted by Crippen LogP contribution is 1.88. The van der Waals surface area contributed by atoms with Gasteiger partial charge in [0.15, 0.2) is 0 Å². The molecule has 0 amide bonds. The SMILES string of the molecule is CC(C)(C)N.CC(C)NC(C)C. The fourth-order valence-electron chi connectivity index (χ4n) is 0.667. The van der Waals surface area contributed by atoms with E-state index in [1.807, 2.05) is 20.8 Å². The minimum Gasteiger partial charge on any atom is -0.326 e. The zero-order valence-corrected chi connectivity index (χ0v) is 9.73. The molecule has 12 heavy (non-hydrogen) atoms. The van der Waals surface area contributed by atoms with Gasteiger partial charge in [-0.1, -0.05) is 27.7 Å². The summed E-state index contributed by atoms with van der Waals surface area (Å²) in [4.78, 5) is 0. The lowest BCUT2D eigenvalue weighted by atomic mass is 10.1. The van der Waals surface area contributed by atoms with Crippen molar-refractivity contribution in [2.24, 2.45) is 5.73 Å². The smallest absolute Gasteiger partial charge is 0.00686 e. The molecule has 76 valence electrons. The summed E-state index contributed by atoms with van der Waals surface area (Å²) in [6.45, 7) is 14.5. The van der Waals surface area contributed by atoms with Crippen LogP contribution in [0.15, 0.2) is 0 Å². The van der Waals surface area contributed by atoms with E-state index in [1.54, 1.807) is 0 Å². The molecule has 0 fully saturated rings. The van der Waals surface area contributed by atoms with Crippen LogP contribution in [0.25, 0.3) is 0 Å². The van der Waals surface area contributed by atoms with Gasteiger partial charge in [-0.3, -0.25) is 0 Å². The predicted molar refractivity (Wildman–Crippen MR) is 57.3 cm³/mol. The van der Waals surface area contributed by atoms with E-state index in [2.05, 4.69) is 33.0 Å². The summed E-state index contributed by atoms with van der Waals surface area (Å²) in [5.74, 6) is 0. The summed E-state index contributed by atoms with van der Waals surface area (Å²) in [6, 6.07) is 1.25. The van der Waals surface area contributed by atoms with Crippen LogP contribution in [-0.4, -0.2) is 17.6 Å². The third-order valence-corrected chi connectivity index (χ3v) is 0.667. The first-order valence-corrected chi connectivity index (χ1v) is 4.68. The number of hydrogen-bond donors (Lipinski definition) is 2. The molecule has 0 rings (SSSR count). The van der Waals surface area contributed by atoms with Crippen LogP contribution in [0.2, 0.25) is 0 Å². The normalized spacial score (nSPS) is 11.5. The molecule has 0 saturated heterocycles. The highest BCUT2D eigenvalue weighted by molar-refractivity contribution is 4.60. The summed E-state index contributed by atoms with van der Waals surface area (Å²) in [5.41, 5.74) is 5.35. The Hall–Kier alpha value is -0.0800. The average Bonchev–Trinajstić information content (AvgIpc) is 1.52. The monoisotopic (exact) mass is 174 g/mol. The Kier molecular flexibility index (Phi) is 7.75. The zero-order valence-electron chi connectivity index (χ0n) is 9.73. The summed E-state index contributed by atoms with van der Waals surface area (Å²) >= 11 is 0. The van der Waals surface area contributed by atoms with Gasteiger partial charge in [0.05, 0.1) is 0 Å². The molecule has 0 aliphatic carbocycles. The molecule has 0 bridgehead atoms. The number of hydrogen-bond acceptors (Lipinski definition) is 2. The van der Waals surface area contributed by atoms with E-state index in [4.69, 9.17) is 5.73 Å². The van der Waals surface area contributed by atoms with Gasteiger partial charge in [-0.25, -0.2) is 0 Å². The maximum Gasteiger partial charge on any atom is 0.00686 e. The molecule has 3 N–H and O–H groups in total. The zero-order chi connectivity index (χ0) is 10.4. The van der Waals surface area contributed by atoms with Crippen LogP contribution in [-0.2, 0) is 0 Å². The molecule has 2 heteroatoms. The van der Waals surface area contributed by atoms with E-state index in [9.17, 15) is 0 Å². The minimum absolute atomic E-state index is 0. The van der Waals surface area contributed by atoms with Gasteiger partial charge in [0.1, 0.15) is 0 Å². The molecule has 0 saturated carbocycles. The first-order valence-electron chi connectivity index (χ1n) is 4.68. The molecule has 0 radical (unpaired) electrons. The summed E-state index contributed by atoms with van der Waals surface area (Å²) < 4.78 is 0. The quantitative estimate of drug-likeness (QED) is 0.673. The standard InChI is InChI=1S/C6H15N.C4H11N/c1-5(2)7-6(3)4;1-4(2,3)5/h5-7H,1-4H3;5H2,1-3H3. The summed E-state index contributed by atoms with van der Waals surface area (Å²) in [5, 5.41) is 3.31. The predicted octanol–water partition coefficient (Wildman–Crippen LogP) is 2.14. The minimum atomic E-state index is 0. The second kappa shape index (κ2) is 6.44. The Morgan fingerprint density at radius 3 is 1.08 bits per heavy atom. The highest BCUT2D eigenvalue weighted by Gasteiger charge is 1.95. The maximum absolute atomic E-state index is 5.35. The van der Waals surface area contributed by atoms with Gasteiger partial charge in [-0.05, 0) is 20.8 Å². The van der Waals surface area contributed by atoms with E-state index >= 15 is 0 Å². The van der Waals surface area contributed by atoms with E-state index in [1.165, 1.54) is 0 Å². The Morgan fingerprint density at radius 2 is 1.08 bits per heavy atom. The van der Waals surface area contributed by atoms with E-state index in [-0.39, 0.29) is 5.54 Å². The first-order chi connectivity index (χ1) is 5.13. The second-order valence-electron chi connectivity index (χ2n) is 4.84. The van der Waals surface area contributed by atoms with Crippen molar-refractivity contribution < 1.29 is 0 Å². The van der Waals surface area contributed by atoms with Crippen LogP contribution in [0, 0.1) is 0 Å². The molecule has 0 heterocycles. The van der Waals surface area contributed by atoms with Gasteiger partial charge in [0.2, 0.25) is 0 Å². The third-order valence-electron chi connectivity index (χ3n) is 0.667. The van der Waals surface area contributed by atoms with Crippen molar-refractivity contribution in [3.8, 4) is 0 Å². The van der Waals surface area contributed by atoms with Crippen molar-refractivity contribution in [2.75, 3.05) is 0 Å². The van der Waals surface area contributed by atoms with Crippen molar-refractivity contribution in [1.82, 2.24) is 5.32 Å². The van der Waals surface area contributed by atoms with E-state index < -0.39 is 0 Å². The van der Waals surface area contributed by atoms with Gasteiger partial charge < -0.3 is 11.1 Å². The Balaban J connectivity index is 0. The molecule has 0 aromatic carbocycles. The van der Waals surface area contributed by atoms with Crippen molar-refractivity contribution >= 4 is 0 Å². The second-order valence-corrected chi connectivity index (χ2v) is 4.84. The third kappa shape index (κ3) is 51.4. The van der Waals surface area contributed by atoms with Crippen LogP contribution < -0.4 is 11.1 Å². The van der Waals surface area contributed by atoms with E-state index in [0.717, 1.165) is 0 Å². The van der Waals surface area contributed by atoms with Gasteiger partial charge >= 0.3 is 0 Å². The lowest BCUT2D eigenvalue weighted by Crippen LogP contribution is -2.29. The summed E-state index contributed by atoms with van der Waals surface area (Å²) in [7, 11) is 0. The van der Waals surface area contributed by atoms with Gasteiger partial charge in [-0.15, -0.1) is 0 Å². The molecule has 0 atom stereocenters. The first kappa shape index (κ1) is 14.4. The number of nitrogens with one attached hydrogen (secondary N) is 1. The Labute approximate surface area is 77.9 Å². The van der Waals surface area contributed by atoms with Crippen molar-refractivity contribution in [3.63, 3.8) is 0 Å². The molecule has 2 nitrogen and oxygen atoms in total.